The Morgan fingerprint density at radius 3 is 2.57 bits per heavy atom. The van der Waals surface area contributed by atoms with Crippen molar-refractivity contribution in [3.63, 3.8) is 0 Å². The molecule has 0 bridgehead atoms. The quantitative estimate of drug-likeness (QED) is 0.935. The highest BCUT2D eigenvalue weighted by Crippen LogP contribution is 2.24. The molecule has 23 heavy (non-hydrogen) atoms. The van der Waals surface area contributed by atoms with Crippen LogP contribution in [0.1, 0.15) is 18.5 Å². The van der Waals surface area contributed by atoms with Gasteiger partial charge in [0.25, 0.3) is 0 Å². The average Bonchev–Trinajstić information content (AvgIpc) is 3.04. The van der Waals surface area contributed by atoms with Gasteiger partial charge in [0.15, 0.2) is 0 Å². The molecule has 0 spiro atoms. The van der Waals surface area contributed by atoms with Crippen molar-refractivity contribution < 1.29 is 14.7 Å². The monoisotopic (exact) mass is 330 g/mol. The fourth-order valence-electron chi connectivity index (χ4n) is 2.74. The normalized spacial score (nSPS) is 15.6. The number of carboxylic acids is 1. The second kappa shape index (κ2) is 6.91. The van der Waals surface area contributed by atoms with Crippen LogP contribution in [-0.2, 0) is 16.0 Å². The number of carbonyl (C=O) groups excluding carboxylic acids is 1. The van der Waals surface area contributed by atoms with Crippen LogP contribution >= 0.6 is 11.3 Å². The van der Waals surface area contributed by atoms with Crippen molar-refractivity contribution in [2.45, 2.75) is 19.3 Å². The predicted octanol–water partition coefficient (Wildman–Crippen LogP) is 2.68. The molecule has 6 heteroatoms. The molecule has 1 N–H and O–H groups in total. The van der Waals surface area contributed by atoms with E-state index in [9.17, 15) is 9.59 Å². The smallest absolute Gasteiger partial charge is 0.306 e. The molecular weight excluding hydrogens is 312 g/mol. The molecule has 1 aliphatic heterocycles. The van der Waals surface area contributed by atoms with Gasteiger partial charge in [0, 0.05) is 24.0 Å². The number of aliphatic carboxylic acids is 1. The largest absolute Gasteiger partial charge is 0.481 e. The molecule has 2 heterocycles. The first kappa shape index (κ1) is 15.7. The first-order chi connectivity index (χ1) is 11.1. The van der Waals surface area contributed by atoms with Crippen molar-refractivity contribution in [1.82, 2.24) is 9.88 Å². The van der Waals surface area contributed by atoms with Gasteiger partial charge in [0.1, 0.15) is 5.01 Å². The van der Waals surface area contributed by atoms with Crippen LogP contribution in [0.25, 0.3) is 10.6 Å². The van der Waals surface area contributed by atoms with E-state index < -0.39 is 5.97 Å². The fraction of sp³-hybridized carbons (Fsp3) is 0.353. The van der Waals surface area contributed by atoms with Crippen molar-refractivity contribution in [2.24, 2.45) is 5.92 Å². The average molecular weight is 330 g/mol. The minimum Gasteiger partial charge on any atom is -0.481 e. The molecule has 0 atom stereocenters. The molecular formula is C17H18N2O3S. The van der Waals surface area contributed by atoms with Crippen molar-refractivity contribution in [1.29, 1.82) is 0 Å². The Morgan fingerprint density at radius 2 is 1.91 bits per heavy atom. The summed E-state index contributed by atoms with van der Waals surface area (Å²) in [4.78, 5) is 29.6. The van der Waals surface area contributed by atoms with Gasteiger partial charge in [-0.15, -0.1) is 11.3 Å². The Balaban J connectivity index is 1.59. The van der Waals surface area contributed by atoms with Gasteiger partial charge in [0.2, 0.25) is 5.91 Å². The van der Waals surface area contributed by atoms with Crippen molar-refractivity contribution in [3.05, 3.63) is 41.4 Å². The SMILES string of the molecule is O=C(O)C1CCN(C(=O)Cc2csc(-c3ccccc3)n2)CC1. The summed E-state index contributed by atoms with van der Waals surface area (Å²) < 4.78 is 0. The minimum absolute atomic E-state index is 0.0266. The van der Waals surface area contributed by atoms with E-state index in [1.807, 2.05) is 35.7 Å². The number of amides is 1. The molecule has 3 rings (SSSR count). The summed E-state index contributed by atoms with van der Waals surface area (Å²) >= 11 is 1.54. The van der Waals surface area contributed by atoms with E-state index >= 15 is 0 Å². The number of aromatic nitrogens is 1. The van der Waals surface area contributed by atoms with Crippen LogP contribution in [0.2, 0.25) is 0 Å². The topological polar surface area (TPSA) is 70.5 Å². The molecule has 1 aromatic carbocycles. The highest BCUT2D eigenvalue weighted by Gasteiger charge is 2.27. The van der Waals surface area contributed by atoms with Gasteiger partial charge in [-0.25, -0.2) is 4.98 Å². The first-order valence-corrected chi connectivity index (χ1v) is 8.52. The van der Waals surface area contributed by atoms with E-state index in [0.29, 0.717) is 25.9 Å². The van der Waals surface area contributed by atoms with E-state index in [2.05, 4.69) is 4.98 Å². The third-order valence-corrected chi connectivity index (χ3v) is 5.04. The van der Waals surface area contributed by atoms with Crippen LogP contribution < -0.4 is 0 Å². The number of nitrogens with zero attached hydrogens (tertiary/aromatic N) is 2. The lowest BCUT2D eigenvalue weighted by Gasteiger charge is -2.30. The maximum absolute atomic E-state index is 12.3. The van der Waals surface area contributed by atoms with Gasteiger partial charge in [-0.1, -0.05) is 30.3 Å². The van der Waals surface area contributed by atoms with E-state index in [1.165, 1.54) is 11.3 Å². The third-order valence-electron chi connectivity index (χ3n) is 4.10. The Kier molecular flexibility index (Phi) is 4.71. The highest BCUT2D eigenvalue weighted by molar-refractivity contribution is 7.13. The van der Waals surface area contributed by atoms with E-state index in [0.717, 1.165) is 16.3 Å². The Labute approximate surface area is 138 Å². The number of thiazole rings is 1. The van der Waals surface area contributed by atoms with Crippen molar-refractivity contribution in [3.8, 4) is 10.6 Å². The van der Waals surface area contributed by atoms with E-state index in [1.54, 1.807) is 4.90 Å². The molecule has 0 radical (unpaired) electrons. The summed E-state index contributed by atoms with van der Waals surface area (Å²) in [5.74, 6) is -1.05. The van der Waals surface area contributed by atoms with Crippen LogP contribution in [0.4, 0.5) is 0 Å². The van der Waals surface area contributed by atoms with Gasteiger partial charge in [-0.2, -0.15) is 0 Å². The number of hydrogen-bond acceptors (Lipinski definition) is 4. The minimum atomic E-state index is -0.760. The molecule has 120 valence electrons. The van der Waals surface area contributed by atoms with Crippen molar-refractivity contribution in [2.75, 3.05) is 13.1 Å². The molecule has 5 nitrogen and oxygen atoms in total. The second-order valence-corrected chi connectivity index (χ2v) is 6.54. The number of piperidine rings is 1. The summed E-state index contributed by atoms with van der Waals surface area (Å²) in [7, 11) is 0. The summed E-state index contributed by atoms with van der Waals surface area (Å²) in [5, 5.41) is 11.8. The Hall–Kier alpha value is -2.21. The predicted molar refractivity (Wildman–Crippen MR) is 88.2 cm³/mol. The molecule has 1 saturated heterocycles. The van der Waals surface area contributed by atoms with Crippen LogP contribution in [0.15, 0.2) is 35.7 Å². The molecule has 1 aliphatic rings. The summed E-state index contributed by atoms with van der Waals surface area (Å²) in [6.07, 6.45) is 1.35. The van der Waals surface area contributed by atoms with Crippen LogP contribution in [0.3, 0.4) is 0 Å². The Morgan fingerprint density at radius 1 is 1.22 bits per heavy atom. The van der Waals surface area contributed by atoms with Crippen LogP contribution in [0, 0.1) is 5.92 Å². The van der Waals surface area contributed by atoms with Gasteiger partial charge in [0.05, 0.1) is 18.0 Å². The number of rotatable bonds is 4. The van der Waals surface area contributed by atoms with E-state index in [4.69, 9.17) is 5.11 Å². The third kappa shape index (κ3) is 3.76. The number of carboxylic acid groups (broad SMARTS) is 1. The fourth-order valence-corrected chi connectivity index (χ4v) is 3.57. The Bertz CT molecular complexity index is 691. The summed E-state index contributed by atoms with van der Waals surface area (Å²) in [6.45, 7) is 1.04. The van der Waals surface area contributed by atoms with E-state index in [-0.39, 0.29) is 18.2 Å². The zero-order valence-corrected chi connectivity index (χ0v) is 13.5. The van der Waals surface area contributed by atoms with Gasteiger partial charge in [-0.3, -0.25) is 9.59 Å². The van der Waals surface area contributed by atoms with Gasteiger partial charge >= 0.3 is 5.97 Å². The number of likely N-dealkylation sites (tertiary alicyclic amines) is 1. The number of benzene rings is 1. The standard InChI is InChI=1S/C17H18N2O3S/c20-15(19-8-6-13(7-9-19)17(21)22)10-14-11-23-16(18-14)12-4-2-1-3-5-12/h1-5,11,13H,6-10H2,(H,21,22). The number of carbonyl (C=O) groups is 2. The molecule has 0 unspecified atom stereocenters. The van der Waals surface area contributed by atoms with Crippen LogP contribution in [0.5, 0.6) is 0 Å². The zero-order chi connectivity index (χ0) is 16.2. The number of hydrogen-bond donors (Lipinski definition) is 1. The first-order valence-electron chi connectivity index (χ1n) is 7.64. The highest BCUT2D eigenvalue weighted by atomic mass is 32.1. The summed E-state index contributed by atoms with van der Waals surface area (Å²) in [6, 6.07) is 9.90. The molecule has 2 aromatic rings. The molecule has 0 aliphatic carbocycles. The molecule has 1 fully saturated rings. The van der Waals surface area contributed by atoms with Crippen molar-refractivity contribution >= 4 is 23.2 Å². The van der Waals surface area contributed by atoms with Crippen LogP contribution in [-0.4, -0.2) is 40.0 Å². The maximum Gasteiger partial charge on any atom is 0.306 e. The summed E-state index contributed by atoms with van der Waals surface area (Å²) in [5.41, 5.74) is 1.83. The molecule has 1 aromatic heterocycles. The lowest BCUT2D eigenvalue weighted by Crippen LogP contribution is -2.41. The van der Waals surface area contributed by atoms with Gasteiger partial charge in [-0.05, 0) is 12.8 Å². The lowest BCUT2D eigenvalue weighted by atomic mass is 9.97. The zero-order valence-electron chi connectivity index (χ0n) is 12.6. The molecule has 0 saturated carbocycles. The molecule has 1 amide bonds. The lowest BCUT2D eigenvalue weighted by molar-refractivity contribution is -0.145. The van der Waals surface area contributed by atoms with Gasteiger partial charge < -0.3 is 10.0 Å². The second-order valence-electron chi connectivity index (χ2n) is 5.68. The maximum atomic E-state index is 12.3.